The van der Waals surface area contributed by atoms with Crippen LogP contribution in [0.4, 0.5) is 0 Å². The van der Waals surface area contributed by atoms with E-state index in [-0.39, 0.29) is 0 Å². The Bertz CT molecular complexity index is 363. The zero-order valence-corrected chi connectivity index (χ0v) is 13.8. The fourth-order valence-corrected chi connectivity index (χ4v) is 2.72. The molecule has 0 aromatic heterocycles. The number of ether oxygens (including phenoxy) is 1. The van der Waals surface area contributed by atoms with E-state index in [0.717, 1.165) is 30.6 Å². The molecule has 0 aliphatic rings. The van der Waals surface area contributed by atoms with E-state index in [4.69, 9.17) is 4.74 Å². The summed E-state index contributed by atoms with van der Waals surface area (Å²) in [6.45, 7) is 10.2. The molecule has 0 radical (unpaired) electrons. The Morgan fingerprint density at radius 1 is 1.00 bits per heavy atom. The van der Waals surface area contributed by atoms with Crippen molar-refractivity contribution in [2.45, 2.75) is 53.0 Å². The van der Waals surface area contributed by atoms with E-state index in [9.17, 15) is 0 Å². The van der Waals surface area contributed by atoms with E-state index in [0.29, 0.717) is 6.04 Å². The van der Waals surface area contributed by atoms with Gasteiger partial charge in [0.2, 0.25) is 0 Å². The van der Waals surface area contributed by atoms with Crippen molar-refractivity contribution in [3.05, 3.63) is 29.8 Å². The molecule has 2 nitrogen and oxygen atoms in total. The molecule has 0 unspecified atom stereocenters. The molecule has 0 atom stereocenters. The molecule has 0 saturated heterocycles. The lowest BCUT2D eigenvalue weighted by Crippen LogP contribution is -2.33. The number of hydrogen-bond acceptors (Lipinski definition) is 2. The van der Waals surface area contributed by atoms with E-state index in [1.807, 2.05) is 12.1 Å². The molecule has 2 heteroatoms. The first-order valence-electron chi connectivity index (χ1n) is 7.88. The van der Waals surface area contributed by atoms with Gasteiger partial charge in [0.15, 0.2) is 0 Å². The van der Waals surface area contributed by atoms with Crippen LogP contribution in [0.1, 0.15) is 46.1 Å². The second-order valence-corrected chi connectivity index (χ2v) is 6.47. The molecule has 1 aromatic carbocycles. The highest BCUT2D eigenvalue weighted by atomic mass is 16.5. The number of methoxy groups -OCH3 is 1. The van der Waals surface area contributed by atoms with Gasteiger partial charge in [-0.3, -0.25) is 0 Å². The topological polar surface area (TPSA) is 21.3 Å². The molecule has 0 aliphatic carbocycles. The van der Waals surface area contributed by atoms with Gasteiger partial charge in [-0.05, 0) is 49.3 Å². The third kappa shape index (κ3) is 6.42. The predicted octanol–water partition coefficient (Wildman–Crippen LogP) is 4.29. The van der Waals surface area contributed by atoms with Crippen molar-refractivity contribution in [1.82, 2.24) is 5.32 Å². The Morgan fingerprint density at radius 2 is 1.60 bits per heavy atom. The Balaban J connectivity index is 2.46. The largest absolute Gasteiger partial charge is 0.496 e. The maximum Gasteiger partial charge on any atom is 0.122 e. The zero-order valence-electron chi connectivity index (χ0n) is 13.8. The quantitative estimate of drug-likeness (QED) is 0.727. The summed E-state index contributed by atoms with van der Waals surface area (Å²) in [6, 6.07) is 8.92. The highest BCUT2D eigenvalue weighted by Gasteiger charge is 2.12. The fourth-order valence-electron chi connectivity index (χ4n) is 2.72. The van der Waals surface area contributed by atoms with Crippen LogP contribution in [0, 0.1) is 11.8 Å². The van der Waals surface area contributed by atoms with Crippen LogP contribution in [-0.2, 0) is 6.42 Å². The lowest BCUT2D eigenvalue weighted by atomic mass is 9.95. The molecule has 0 aliphatic heterocycles. The molecule has 0 bridgehead atoms. The third-order valence-electron chi connectivity index (χ3n) is 3.53. The second-order valence-electron chi connectivity index (χ2n) is 6.47. The van der Waals surface area contributed by atoms with Crippen LogP contribution in [0.5, 0.6) is 5.75 Å². The molecule has 0 spiro atoms. The van der Waals surface area contributed by atoms with Crippen LogP contribution in [0.25, 0.3) is 0 Å². The number of benzene rings is 1. The summed E-state index contributed by atoms with van der Waals surface area (Å²) in [5.41, 5.74) is 1.29. The van der Waals surface area contributed by atoms with Gasteiger partial charge in [-0.2, -0.15) is 0 Å². The maximum absolute atomic E-state index is 5.40. The number of hydrogen-bond donors (Lipinski definition) is 1. The highest BCUT2D eigenvalue weighted by Crippen LogP contribution is 2.18. The van der Waals surface area contributed by atoms with Crippen LogP contribution in [-0.4, -0.2) is 19.7 Å². The van der Waals surface area contributed by atoms with Gasteiger partial charge >= 0.3 is 0 Å². The Labute approximate surface area is 124 Å². The molecule has 0 saturated carbocycles. The first-order valence-corrected chi connectivity index (χ1v) is 7.88. The molecular formula is C18H31NO. The molecule has 1 aromatic rings. The van der Waals surface area contributed by atoms with Crippen LogP contribution in [0.15, 0.2) is 24.3 Å². The van der Waals surface area contributed by atoms with Gasteiger partial charge in [0.05, 0.1) is 7.11 Å². The van der Waals surface area contributed by atoms with Crippen LogP contribution in [0.3, 0.4) is 0 Å². The van der Waals surface area contributed by atoms with Gasteiger partial charge in [-0.25, -0.2) is 0 Å². The molecule has 1 N–H and O–H groups in total. The summed E-state index contributed by atoms with van der Waals surface area (Å²) in [7, 11) is 1.74. The van der Waals surface area contributed by atoms with Crippen LogP contribution >= 0.6 is 0 Å². The Kier molecular flexibility index (Phi) is 7.68. The highest BCUT2D eigenvalue weighted by molar-refractivity contribution is 5.33. The summed E-state index contributed by atoms with van der Waals surface area (Å²) < 4.78 is 5.40. The van der Waals surface area contributed by atoms with Gasteiger partial charge < -0.3 is 10.1 Å². The molecular weight excluding hydrogens is 246 g/mol. The molecule has 0 fully saturated rings. The van der Waals surface area contributed by atoms with Crippen LogP contribution in [0.2, 0.25) is 0 Å². The van der Waals surface area contributed by atoms with Crippen molar-refractivity contribution in [3.8, 4) is 5.75 Å². The Hall–Kier alpha value is -1.02. The number of nitrogens with one attached hydrogen (secondary N) is 1. The average molecular weight is 277 g/mol. The van der Waals surface area contributed by atoms with E-state index in [1.54, 1.807) is 7.11 Å². The summed E-state index contributed by atoms with van der Waals surface area (Å²) >= 11 is 0. The van der Waals surface area contributed by atoms with Gasteiger partial charge in [0.1, 0.15) is 5.75 Å². The maximum atomic E-state index is 5.40. The van der Waals surface area contributed by atoms with Crippen molar-refractivity contribution in [3.63, 3.8) is 0 Å². The average Bonchev–Trinajstić information content (AvgIpc) is 2.37. The molecule has 20 heavy (non-hydrogen) atoms. The number of rotatable bonds is 9. The lowest BCUT2D eigenvalue weighted by molar-refractivity contribution is 0.360. The van der Waals surface area contributed by atoms with Gasteiger partial charge in [0.25, 0.3) is 0 Å². The first kappa shape index (κ1) is 17.0. The summed E-state index contributed by atoms with van der Waals surface area (Å²) in [5.74, 6) is 2.49. The fraction of sp³-hybridized carbons (Fsp3) is 0.667. The van der Waals surface area contributed by atoms with E-state index in [2.05, 4.69) is 45.1 Å². The van der Waals surface area contributed by atoms with E-state index < -0.39 is 0 Å². The second kappa shape index (κ2) is 9.02. The van der Waals surface area contributed by atoms with Gasteiger partial charge in [-0.1, -0.05) is 45.9 Å². The monoisotopic (exact) mass is 277 g/mol. The molecule has 0 amide bonds. The van der Waals surface area contributed by atoms with Crippen molar-refractivity contribution >= 4 is 0 Å². The molecule has 114 valence electrons. The first-order chi connectivity index (χ1) is 9.52. The minimum atomic E-state index is 0.629. The molecule has 1 rings (SSSR count). The smallest absolute Gasteiger partial charge is 0.122 e. The minimum Gasteiger partial charge on any atom is -0.496 e. The molecule has 0 heterocycles. The summed E-state index contributed by atoms with van der Waals surface area (Å²) in [4.78, 5) is 0. The van der Waals surface area contributed by atoms with E-state index >= 15 is 0 Å². The Morgan fingerprint density at radius 3 is 2.15 bits per heavy atom. The lowest BCUT2D eigenvalue weighted by Gasteiger charge is -2.22. The van der Waals surface area contributed by atoms with Crippen molar-refractivity contribution in [1.29, 1.82) is 0 Å². The van der Waals surface area contributed by atoms with Crippen molar-refractivity contribution in [2.75, 3.05) is 13.7 Å². The third-order valence-corrected chi connectivity index (χ3v) is 3.53. The zero-order chi connectivity index (χ0) is 15.0. The van der Waals surface area contributed by atoms with E-state index in [1.165, 1.54) is 18.4 Å². The standard InChI is InChI=1S/C18H31NO/c1-14(2)12-17(13-15(3)4)19-11-10-16-8-6-7-9-18(16)20-5/h6-9,14-15,17,19H,10-13H2,1-5H3. The summed E-state index contributed by atoms with van der Waals surface area (Å²) in [5, 5.41) is 3.73. The number of para-hydroxylation sites is 1. The normalized spacial score (nSPS) is 11.6. The summed E-state index contributed by atoms with van der Waals surface area (Å²) in [6.07, 6.45) is 3.53. The van der Waals surface area contributed by atoms with Gasteiger partial charge in [-0.15, -0.1) is 0 Å². The van der Waals surface area contributed by atoms with Crippen LogP contribution < -0.4 is 10.1 Å². The van der Waals surface area contributed by atoms with Gasteiger partial charge in [0, 0.05) is 6.04 Å². The predicted molar refractivity (Wildman–Crippen MR) is 87.4 cm³/mol. The van der Waals surface area contributed by atoms with Crippen molar-refractivity contribution < 1.29 is 4.74 Å². The van der Waals surface area contributed by atoms with Crippen molar-refractivity contribution in [2.24, 2.45) is 11.8 Å². The SMILES string of the molecule is COc1ccccc1CCNC(CC(C)C)CC(C)C. The minimum absolute atomic E-state index is 0.629.